The summed E-state index contributed by atoms with van der Waals surface area (Å²) in [5, 5.41) is 0. The van der Waals surface area contributed by atoms with Gasteiger partial charge in [-0.2, -0.15) is 13.2 Å². The molecule has 21 heavy (non-hydrogen) atoms. The Labute approximate surface area is 117 Å². The fraction of sp³-hybridized carbons (Fsp3) is 0.0667. The lowest BCUT2D eigenvalue weighted by Gasteiger charge is -2.11. The number of carbonyl (C=O) groups is 1. The molecule has 3 rings (SSSR count). The number of para-hydroxylation sites is 2. The summed E-state index contributed by atoms with van der Waals surface area (Å²) in [6, 6.07) is 12.3. The van der Waals surface area contributed by atoms with Crippen molar-refractivity contribution in [2.24, 2.45) is 0 Å². The van der Waals surface area contributed by atoms with Crippen molar-refractivity contribution in [2.45, 2.75) is 6.18 Å². The van der Waals surface area contributed by atoms with Crippen LogP contribution in [0.4, 0.5) is 13.2 Å². The predicted octanol–water partition coefficient (Wildman–Crippen LogP) is 3.86. The summed E-state index contributed by atoms with van der Waals surface area (Å²) in [5.41, 5.74) is 1.34. The molecule has 0 N–H and O–H groups in total. The van der Waals surface area contributed by atoms with Crippen LogP contribution in [0.1, 0.15) is 16.2 Å². The van der Waals surface area contributed by atoms with Gasteiger partial charge in [0.25, 0.3) is 0 Å². The van der Waals surface area contributed by atoms with E-state index < -0.39 is 12.0 Å². The second-order valence-electron chi connectivity index (χ2n) is 4.47. The maximum atomic E-state index is 13.2. The molecule has 0 aliphatic heterocycles. The minimum Gasteiger partial charge on any atom is -0.298 e. The van der Waals surface area contributed by atoms with Crippen molar-refractivity contribution in [1.82, 2.24) is 9.55 Å². The van der Waals surface area contributed by atoms with Gasteiger partial charge in [0.2, 0.25) is 5.82 Å². The first-order valence-corrected chi connectivity index (χ1v) is 6.11. The molecule has 0 unspecified atom stereocenters. The zero-order chi connectivity index (χ0) is 15.0. The van der Waals surface area contributed by atoms with E-state index in [2.05, 4.69) is 4.98 Å². The summed E-state index contributed by atoms with van der Waals surface area (Å²) in [6.45, 7) is 0. The standard InChI is InChI=1S/C15H9F3N2O/c16-15(17,18)14-19-12-3-1-2-4-13(12)20(14)11-7-5-10(9-21)6-8-11/h1-9H. The molecule has 106 valence electrons. The quantitative estimate of drug-likeness (QED) is 0.672. The molecule has 1 heterocycles. The molecule has 3 nitrogen and oxygen atoms in total. The molecule has 0 aliphatic rings. The van der Waals surface area contributed by atoms with Crippen LogP contribution in [0.25, 0.3) is 16.7 Å². The first kappa shape index (κ1) is 13.4. The molecule has 0 fully saturated rings. The molecule has 6 heteroatoms. The third-order valence-electron chi connectivity index (χ3n) is 3.10. The lowest BCUT2D eigenvalue weighted by molar-refractivity contribution is -0.145. The fourth-order valence-corrected chi connectivity index (χ4v) is 2.18. The molecule has 0 saturated carbocycles. The van der Waals surface area contributed by atoms with E-state index in [-0.39, 0.29) is 5.52 Å². The van der Waals surface area contributed by atoms with Crippen LogP contribution in [0.15, 0.2) is 48.5 Å². The van der Waals surface area contributed by atoms with Crippen LogP contribution in [-0.4, -0.2) is 15.8 Å². The Morgan fingerprint density at radius 3 is 2.29 bits per heavy atom. The van der Waals surface area contributed by atoms with Crippen molar-refractivity contribution >= 4 is 17.3 Å². The van der Waals surface area contributed by atoms with Crippen LogP contribution in [0.2, 0.25) is 0 Å². The summed E-state index contributed by atoms with van der Waals surface area (Å²) in [4.78, 5) is 14.3. The number of hydrogen-bond donors (Lipinski definition) is 0. The maximum absolute atomic E-state index is 13.2. The fourth-order valence-electron chi connectivity index (χ4n) is 2.18. The van der Waals surface area contributed by atoms with Gasteiger partial charge in [-0.15, -0.1) is 0 Å². The second-order valence-corrected chi connectivity index (χ2v) is 4.47. The van der Waals surface area contributed by atoms with Crippen LogP contribution in [-0.2, 0) is 6.18 Å². The highest BCUT2D eigenvalue weighted by molar-refractivity contribution is 5.79. The number of benzene rings is 2. The zero-order valence-electron chi connectivity index (χ0n) is 10.6. The Morgan fingerprint density at radius 1 is 1.00 bits per heavy atom. The molecule has 2 aromatic carbocycles. The van der Waals surface area contributed by atoms with Gasteiger partial charge < -0.3 is 0 Å². The molecule has 0 amide bonds. The lowest BCUT2D eigenvalue weighted by atomic mass is 10.2. The molecule has 0 saturated heterocycles. The van der Waals surface area contributed by atoms with Gasteiger partial charge in [-0.3, -0.25) is 9.36 Å². The number of rotatable bonds is 2. The van der Waals surface area contributed by atoms with Gasteiger partial charge in [-0.1, -0.05) is 12.1 Å². The van der Waals surface area contributed by atoms with Crippen LogP contribution < -0.4 is 0 Å². The van der Waals surface area contributed by atoms with Crippen LogP contribution in [0, 0.1) is 0 Å². The highest BCUT2D eigenvalue weighted by Gasteiger charge is 2.38. The van der Waals surface area contributed by atoms with Gasteiger partial charge in [0.15, 0.2) is 0 Å². The monoisotopic (exact) mass is 290 g/mol. The summed E-state index contributed by atoms with van der Waals surface area (Å²) in [5.74, 6) is -0.984. The first-order valence-electron chi connectivity index (χ1n) is 6.11. The summed E-state index contributed by atoms with van der Waals surface area (Å²) in [7, 11) is 0. The van der Waals surface area contributed by atoms with E-state index in [0.717, 1.165) is 4.57 Å². The Hall–Kier alpha value is -2.63. The van der Waals surface area contributed by atoms with Crippen molar-refractivity contribution in [3.05, 3.63) is 59.9 Å². The van der Waals surface area contributed by atoms with Crippen LogP contribution in [0.5, 0.6) is 0 Å². The Balaban J connectivity index is 2.30. The highest BCUT2D eigenvalue weighted by atomic mass is 19.4. The number of fused-ring (bicyclic) bond motifs is 1. The number of imidazole rings is 1. The molecular weight excluding hydrogens is 281 g/mol. The molecule has 1 aromatic heterocycles. The lowest BCUT2D eigenvalue weighted by Crippen LogP contribution is -2.13. The van der Waals surface area contributed by atoms with Gasteiger partial charge in [0.05, 0.1) is 11.0 Å². The van der Waals surface area contributed by atoms with Gasteiger partial charge >= 0.3 is 6.18 Å². The molecule has 0 radical (unpaired) electrons. The predicted molar refractivity (Wildman–Crippen MR) is 71.5 cm³/mol. The normalized spacial score (nSPS) is 11.8. The Morgan fingerprint density at radius 2 is 1.67 bits per heavy atom. The van der Waals surface area contributed by atoms with E-state index in [0.29, 0.717) is 23.1 Å². The van der Waals surface area contributed by atoms with Crippen LogP contribution >= 0.6 is 0 Å². The number of alkyl halides is 3. The van der Waals surface area contributed by atoms with Crippen LogP contribution in [0.3, 0.4) is 0 Å². The number of nitrogens with zero attached hydrogens (tertiary/aromatic N) is 2. The smallest absolute Gasteiger partial charge is 0.298 e. The minimum atomic E-state index is -4.57. The largest absolute Gasteiger partial charge is 0.450 e. The maximum Gasteiger partial charge on any atom is 0.450 e. The minimum absolute atomic E-state index is 0.268. The number of aromatic nitrogens is 2. The molecule has 3 aromatic rings. The van der Waals surface area contributed by atoms with E-state index in [4.69, 9.17) is 0 Å². The van der Waals surface area contributed by atoms with Crippen molar-refractivity contribution in [3.63, 3.8) is 0 Å². The van der Waals surface area contributed by atoms with E-state index in [1.54, 1.807) is 18.2 Å². The van der Waals surface area contributed by atoms with Gasteiger partial charge in [-0.25, -0.2) is 4.98 Å². The SMILES string of the molecule is O=Cc1ccc(-n2c(C(F)(F)F)nc3ccccc32)cc1. The molecule has 0 atom stereocenters. The Bertz CT molecular complexity index is 804. The Kier molecular flexibility index (Phi) is 3.01. The topological polar surface area (TPSA) is 34.9 Å². The van der Waals surface area contributed by atoms with E-state index in [1.807, 2.05) is 0 Å². The van der Waals surface area contributed by atoms with E-state index in [1.165, 1.54) is 30.3 Å². The number of halogens is 3. The average Bonchev–Trinajstić information content (AvgIpc) is 2.87. The highest BCUT2D eigenvalue weighted by Crippen LogP contribution is 2.33. The zero-order valence-corrected chi connectivity index (χ0v) is 10.6. The van der Waals surface area contributed by atoms with Crippen molar-refractivity contribution < 1.29 is 18.0 Å². The number of aldehydes is 1. The third-order valence-corrected chi connectivity index (χ3v) is 3.10. The van der Waals surface area contributed by atoms with Gasteiger partial charge in [0, 0.05) is 11.3 Å². The van der Waals surface area contributed by atoms with Gasteiger partial charge in [0.1, 0.15) is 6.29 Å². The molecule has 0 aliphatic carbocycles. The number of carbonyl (C=O) groups excluding carboxylic acids is 1. The molecule has 0 spiro atoms. The van der Waals surface area contributed by atoms with Crippen molar-refractivity contribution in [3.8, 4) is 5.69 Å². The molecule has 0 bridgehead atoms. The van der Waals surface area contributed by atoms with Gasteiger partial charge in [-0.05, 0) is 36.4 Å². The van der Waals surface area contributed by atoms with Crippen molar-refractivity contribution in [2.75, 3.05) is 0 Å². The summed E-state index contributed by atoms with van der Waals surface area (Å²) >= 11 is 0. The molecular formula is C15H9F3N2O. The second kappa shape index (κ2) is 4.73. The van der Waals surface area contributed by atoms with E-state index in [9.17, 15) is 18.0 Å². The first-order chi connectivity index (χ1) is 10.0. The van der Waals surface area contributed by atoms with Crippen molar-refractivity contribution in [1.29, 1.82) is 0 Å². The number of hydrogen-bond acceptors (Lipinski definition) is 2. The summed E-state index contributed by atoms with van der Waals surface area (Å²) in [6.07, 6.45) is -3.93. The van der Waals surface area contributed by atoms with E-state index >= 15 is 0 Å². The third kappa shape index (κ3) is 2.29. The average molecular weight is 290 g/mol. The summed E-state index contributed by atoms with van der Waals surface area (Å²) < 4.78 is 40.6.